The van der Waals surface area contributed by atoms with E-state index < -0.39 is 6.43 Å². The van der Waals surface area contributed by atoms with Crippen molar-refractivity contribution in [1.82, 2.24) is 9.55 Å². The Bertz CT molecular complexity index is 470. The largest absolute Gasteiger partial charge is 0.324 e. The molecule has 2 rings (SSSR count). The Morgan fingerprint density at radius 2 is 2.00 bits per heavy atom. The first-order valence-corrected chi connectivity index (χ1v) is 4.64. The second-order valence-corrected chi connectivity index (χ2v) is 3.22. The first kappa shape index (κ1) is 12.9. The fourth-order valence-corrected chi connectivity index (χ4v) is 1.62. The Kier molecular flexibility index (Phi) is 4.20. The minimum Gasteiger partial charge on any atom is -0.324 e. The number of halogens is 3. The molecule has 0 saturated carbocycles. The van der Waals surface area contributed by atoms with Crippen LogP contribution in [0.25, 0.3) is 11.0 Å². The molecule has 0 aliphatic carbocycles. The van der Waals surface area contributed by atoms with Gasteiger partial charge < -0.3 is 10.3 Å². The van der Waals surface area contributed by atoms with Crippen LogP contribution in [0.1, 0.15) is 5.82 Å². The maximum atomic E-state index is 12.4. The number of alkyl halides is 2. The lowest BCUT2D eigenvalue weighted by Gasteiger charge is -2.06. The highest BCUT2D eigenvalue weighted by Gasteiger charge is 2.12. The van der Waals surface area contributed by atoms with Gasteiger partial charge >= 0.3 is 0 Å². The van der Waals surface area contributed by atoms with Gasteiger partial charge in [-0.15, -0.1) is 12.4 Å². The average molecular weight is 248 g/mol. The summed E-state index contributed by atoms with van der Waals surface area (Å²) in [5, 5.41) is 0. The van der Waals surface area contributed by atoms with E-state index in [-0.39, 0.29) is 25.5 Å². The molecule has 0 aliphatic heterocycles. The first-order valence-electron chi connectivity index (χ1n) is 4.64. The van der Waals surface area contributed by atoms with E-state index in [1.807, 2.05) is 6.07 Å². The molecule has 1 heterocycles. The first-order chi connectivity index (χ1) is 7.22. The predicted molar refractivity (Wildman–Crippen MR) is 60.9 cm³/mol. The van der Waals surface area contributed by atoms with E-state index in [4.69, 9.17) is 5.73 Å². The van der Waals surface area contributed by atoms with Crippen molar-refractivity contribution in [2.75, 3.05) is 0 Å². The molecular formula is C10H12ClF2N3. The van der Waals surface area contributed by atoms with Crippen LogP contribution in [0, 0.1) is 0 Å². The van der Waals surface area contributed by atoms with Gasteiger partial charge in [0.05, 0.1) is 24.1 Å². The topological polar surface area (TPSA) is 43.8 Å². The molecule has 0 amide bonds. The smallest absolute Gasteiger partial charge is 0.256 e. The van der Waals surface area contributed by atoms with Crippen molar-refractivity contribution in [1.29, 1.82) is 0 Å². The summed E-state index contributed by atoms with van der Waals surface area (Å²) < 4.78 is 26.2. The number of para-hydroxylation sites is 2. The molecule has 2 aromatic rings. The van der Waals surface area contributed by atoms with Crippen molar-refractivity contribution in [3.63, 3.8) is 0 Å². The zero-order valence-corrected chi connectivity index (χ0v) is 9.25. The van der Waals surface area contributed by atoms with Gasteiger partial charge in [0, 0.05) is 0 Å². The third-order valence-corrected chi connectivity index (χ3v) is 2.24. The number of hydrogen-bond donors (Lipinski definition) is 1. The van der Waals surface area contributed by atoms with E-state index >= 15 is 0 Å². The van der Waals surface area contributed by atoms with Gasteiger partial charge in [-0.3, -0.25) is 0 Å². The zero-order chi connectivity index (χ0) is 10.8. The number of imidazole rings is 1. The summed E-state index contributed by atoms with van der Waals surface area (Å²) in [6.07, 6.45) is -2.40. The van der Waals surface area contributed by atoms with Crippen LogP contribution >= 0.6 is 12.4 Å². The van der Waals surface area contributed by atoms with Crippen molar-refractivity contribution < 1.29 is 8.78 Å². The van der Waals surface area contributed by atoms with Crippen LogP contribution in [0.3, 0.4) is 0 Å². The van der Waals surface area contributed by atoms with Gasteiger partial charge in [-0.2, -0.15) is 0 Å². The van der Waals surface area contributed by atoms with E-state index in [0.717, 1.165) is 0 Å². The number of nitrogens with zero attached hydrogens (tertiary/aromatic N) is 2. The molecule has 1 aromatic carbocycles. The van der Waals surface area contributed by atoms with Gasteiger partial charge in [-0.25, -0.2) is 13.8 Å². The van der Waals surface area contributed by atoms with E-state index in [1.54, 1.807) is 18.2 Å². The number of rotatable bonds is 3. The Labute approximate surface area is 97.7 Å². The van der Waals surface area contributed by atoms with Crippen LogP contribution in [-0.2, 0) is 13.1 Å². The zero-order valence-electron chi connectivity index (χ0n) is 8.44. The van der Waals surface area contributed by atoms with Crippen LogP contribution in [0.4, 0.5) is 8.78 Å². The fourth-order valence-electron chi connectivity index (χ4n) is 1.62. The summed E-state index contributed by atoms with van der Waals surface area (Å²) >= 11 is 0. The molecule has 0 fully saturated rings. The summed E-state index contributed by atoms with van der Waals surface area (Å²) in [5.41, 5.74) is 6.88. The highest BCUT2D eigenvalue weighted by Crippen LogP contribution is 2.17. The SMILES string of the molecule is Cl.NCc1nc2ccccc2n1CC(F)F. The van der Waals surface area contributed by atoms with Crippen molar-refractivity contribution in [2.45, 2.75) is 19.5 Å². The number of hydrogen-bond acceptors (Lipinski definition) is 2. The van der Waals surface area contributed by atoms with Crippen LogP contribution in [0.15, 0.2) is 24.3 Å². The molecule has 0 aliphatic rings. The molecule has 0 radical (unpaired) electrons. The summed E-state index contributed by atoms with van der Waals surface area (Å²) in [5.74, 6) is 0.497. The van der Waals surface area contributed by atoms with Crippen LogP contribution in [0.2, 0.25) is 0 Å². The van der Waals surface area contributed by atoms with Crippen LogP contribution in [-0.4, -0.2) is 16.0 Å². The molecule has 3 nitrogen and oxygen atoms in total. The van der Waals surface area contributed by atoms with Gasteiger partial charge in [0.2, 0.25) is 0 Å². The quantitative estimate of drug-likeness (QED) is 0.904. The van der Waals surface area contributed by atoms with Gasteiger partial charge in [0.25, 0.3) is 6.43 Å². The fraction of sp³-hybridized carbons (Fsp3) is 0.300. The Balaban J connectivity index is 0.00000128. The van der Waals surface area contributed by atoms with Crippen LogP contribution < -0.4 is 5.73 Å². The molecule has 16 heavy (non-hydrogen) atoms. The Morgan fingerprint density at radius 1 is 1.31 bits per heavy atom. The number of aromatic nitrogens is 2. The van der Waals surface area contributed by atoms with Crippen molar-refractivity contribution in [3.05, 3.63) is 30.1 Å². The van der Waals surface area contributed by atoms with Gasteiger partial charge in [-0.1, -0.05) is 12.1 Å². The van der Waals surface area contributed by atoms with E-state index in [1.165, 1.54) is 4.57 Å². The van der Waals surface area contributed by atoms with Gasteiger partial charge in [0.1, 0.15) is 5.82 Å². The monoisotopic (exact) mass is 247 g/mol. The Morgan fingerprint density at radius 3 is 2.62 bits per heavy atom. The van der Waals surface area contributed by atoms with Crippen molar-refractivity contribution in [2.24, 2.45) is 5.73 Å². The standard InChI is InChI=1S/C10H11F2N3.ClH/c11-9(12)6-15-8-4-2-1-3-7(8)14-10(15)5-13;/h1-4,9H,5-6,13H2;1H. The van der Waals surface area contributed by atoms with Gasteiger partial charge in [0.15, 0.2) is 0 Å². The van der Waals surface area contributed by atoms with E-state index in [0.29, 0.717) is 16.9 Å². The highest BCUT2D eigenvalue weighted by molar-refractivity contribution is 5.85. The summed E-state index contributed by atoms with van der Waals surface area (Å²) in [6.45, 7) is -0.186. The molecule has 0 saturated heterocycles. The summed E-state index contributed by atoms with van der Waals surface area (Å²) in [4.78, 5) is 4.19. The third kappa shape index (κ3) is 2.31. The molecule has 0 unspecified atom stereocenters. The molecule has 2 N–H and O–H groups in total. The lowest BCUT2D eigenvalue weighted by atomic mass is 10.3. The molecule has 0 atom stereocenters. The number of fused-ring (bicyclic) bond motifs is 1. The molecule has 0 spiro atoms. The molecule has 0 bridgehead atoms. The summed E-state index contributed by atoms with van der Waals surface area (Å²) in [6, 6.07) is 7.18. The maximum Gasteiger partial charge on any atom is 0.256 e. The van der Waals surface area contributed by atoms with Crippen molar-refractivity contribution in [3.8, 4) is 0 Å². The second-order valence-electron chi connectivity index (χ2n) is 3.22. The Hall–Kier alpha value is -1.20. The maximum absolute atomic E-state index is 12.4. The molecule has 1 aromatic heterocycles. The predicted octanol–water partition coefficient (Wildman–Crippen LogP) is 2.18. The molecular weight excluding hydrogens is 236 g/mol. The average Bonchev–Trinajstić information content (AvgIpc) is 2.56. The molecule has 6 heteroatoms. The lowest BCUT2D eigenvalue weighted by molar-refractivity contribution is 0.127. The lowest BCUT2D eigenvalue weighted by Crippen LogP contribution is -2.12. The number of nitrogens with two attached hydrogens (primary N) is 1. The highest BCUT2D eigenvalue weighted by atomic mass is 35.5. The third-order valence-electron chi connectivity index (χ3n) is 2.24. The van der Waals surface area contributed by atoms with Crippen LogP contribution in [0.5, 0.6) is 0 Å². The molecule has 88 valence electrons. The van der Waals surface area contributed by atoms with Crippen molar-refractivity contribution >= 4 is 23.4 Å². The minimum atomic E-state index is -2.40. The normalized spacial score (nSPS) is 10.8. The number of benzene rings is 1. The van der Waals surface area contributed by atoms with Gasteiger partial charge in [-0.05, 0) is 12.1 Å². The minimum absolute atomic E-state index is 0. The summed E-state index contributed by atoms with van der Waals surface area (Å²) in [7, 11) is 0. The van der Waals surface area contributed by atoms with E-state index in [2.05, 4.69) is 4.98 Å². The second kappa shape index (κ2) is 5.23. The van der Waals surface area contributed by atoms with E-state index in [9.17, 15) is 8.78 Å².